The number of fused-ring (bicyclic) bond motifs is 2. The molecule has 1 heterocycles. The monoisotopic (exact) mass is 363 g/mol. The van der Waals surface area contributed by atoms with Crippen molar-refractivity contribution < 1.29 is 4.79 Å². The molecule has 1 aliphatic carbocycles. The van der Waals surface area contributed by atoms with Crippen LogP contribution in [0.4, 0.5) is 4.79 Å². The smallest absolute Gasteiger partial charge is 0.315 e. The maximum absolute atomic E-state index is 12.3. The minimum atomic E-state index is -0.0568. The molecule has 2 aromatic carbocycles. The summed E-state index contributed by atoms with van der Waals surface area (Å²) >= 11 is 0. The van der Waals surface area contributed by atoms with Gasteiger partial charge < -0.3 is 16.0 Å². The van der Waals surface area contributed by atoms with Gasteiger partial charge in [0.1, 0.15) is 0 Å². The van der Waals surface area contributed by atoms with Crippen molar-refractivity contribution in [2.45, 2.75) is 51.2 Å². The summed E-state index contributed by atoms with van der Waals surface area (Å²) in [5.41, 5.74) is 5.70. The van der Waals surface area contributed by atoms with Crippen LogP contribution in [0.5, 0.6) is 0 Å². The van der Waals surface area contributed by atoms with E-state index in [-0.39, 0.29) is 12.1 Å². The zero-order valence-electron chi connectivity index (χ0n) is 16.0. The fourth-order valence-corrected chi connectivity index (χ4v) is 4.53. The summed E-state index contributed by atoms with van der Waals surface area (Å²) < 4.78 is 0. The van der Waals surface area contributed by atoms with Crippen LogP contribution in [0.2, 0.25) is 0 Å². The highest BCUT2D eigenvalue weighted by molar-refractivity contribution is 5.74. The first-order chi connectivity index (χ1) is 13.2. The normalized spacial score (nSPS) is 19.8. The van der Waals surface area contributed by atoms with Crippen molar-refractivity contribution in [3.05, 3.63) is 70.8 Å². The third-order valence-corrected chi connectivity index (χ3v) is 5.87. The van der Waals surface area contributed by atoms with Crippen LogP contribution in [0, 0.1) is 5.92 Å². The lowest BCUT2D eigenvalue weighted by molar-refractivity contribution is 0.234. The molecule has 0 aromatic heterocycles. The van der Waals surface area contributed by atoms with E-state index in [1.54, 1.807) is 0 Å². The summed E-state index contributed by atoms with van der Waals surface area (Å²) in [4.78, 5) is 12.3. The van der Waals surface area contributed by atoms with Gasteiger partial charge in [-0.1, -0.05) is 48.5 Å². The van der Waals surface area contributed by atoms with E-state index < -0.39 is 0 Å². The zero-order chi connectivity index (χ0) is 18.6. The molecule has 0 saturated carbocycles. The maximum Gasteiger partial charge on any atom is 0.315 e. The molecule has 2 atom stereocenters. The standard InChI is InChI=1S/C23H29N3O/c1-16(10-17-11-18-6-2-3-7-19(18)12-17)26-23(27)25-15-22-13-20-8-4-5-9-21(20)14-24-22/h2-9,16-17,22,24H,10-15H2,1H3,(H2,25,26,27)/t16-,22?/m1/s1. The van der Waals surface area contributed by atoms with Gasteiger partial charge in [0, 0.05) is 25.2 Å². The molecular formula is C23H29N3O. The van der Waals surface area contributed by atoms with Gasteiger partial charge in [0.05, 0.1) is 0 Å². The first kappa shape index (κ1) is 18.1. The van der Waals surface area contributed by atoms with Crippen LogP contribution in [0.3, 0.4) is 0 Å². The van der Waals surface area contributed by atoms with Gasteiger partial charge in [-0.3, -0.25) is 0 Å². The molecule has 27 heavy (non-hydrogen) atoms. The van der Waals surface area contributed by atoms with Crippen LogP contribution in [-0.2, 0) is 25.8 Å². The number of carbonyl (C=O) groups is 1. The Morgan fingerprint density at radius 3 is 2.26 bits per heavy atom. The Hall–Kier alpha value is -2.33. The first-order valence-corrected chi connectivity index (χ1v) is 10.1. The van der Waals surface area contributed by atoms with Crippen LogP contribution in [0.15, 0.2) is 48.5 Å². The molecule has 0 bridgehead atoms. The van der Waals surface area contributed by atoms with Gasteiger partial charge in [0.25, 0.3) is 0 Å². The predicted octanol–water partition coefficient (Wildman–Crippen LogP) is 3.19. The summed E-state index contributed by atoms with van der Waals surface area (Å²) in [6, 6.07) is 17.6. The number of benzene rings is 2. The lowest BCUT2D eigenvalue weighted by Gasteiger charge is -2.26. The Morgan fingerprint density at radius 2 is 1.59 bits per heavy atom. The molecule has 0 saturated heterocycles. The SMILES string of the molecule is C[C@H](CC1Cc2ccccc2C1)NC(=O)NCC1Cc2ccccc2CN1. The lowest BCUT2D eigenvalue weighted by atomic mass is 9.96. The molecule has 2 aliphatic rings. The second-order valence-electron chi connectivity index (χ2n) is 8.08. The number of rotatable bonds is 5. The number of nitrogens with one attached hydrogen (secondary N) is 3. The molecule has 4 heteroatoms. The number of urea groups is 1. The predicted molar refractivity (Wildman–Crippen MR) is 109 cm³/mol. The number of carbonyl (C=O) groups excluding carboxylic acids is 1. The molecule has 4 rings (SSSR count). The van der Waals surface area contributed by atoms with Crippen LogP contribution in [0.25, 0.3) is 0 Å². The molecule has 4 nitrogen and oxygen atoms in total. The quantitative estimate of drug-likeness (QED) is 0.764. The largest absolute Gasteiger partial charge is 0.337 e. The third kappa shape index (κ3) is 4.51. The van der Waals surface area contributed by atoms with Gasteiger partial charge in [0.15, 0.2) is 0 Å². The van der Waals surface area contributed by atoms with Gasteiger partial charge >= 0.3 is 6.03 Å². The van der Waals surface area contributed by atoms with Crippen LogP contribution in [-0.4, -0.2) is 24.7 Å². The summed E-state index contributed by atoms with van der Waals surface area (Å²) in [5.74, 6) is 0.634. The Morgan fingerprint density at radius 1 is 1.00 bits per heavy atom. The minimum absolute atomic E-state index is 0.0568. The van der Waals surface area contributed by atoms with Gasteiger partial charge in [0.2, 0.25) is 0 Å². The lowest BCUT2D eigenvalue weighted by Crippen LogP contribution is -2.48. The molecule has 2 aromatic rings. The van der Waals surface area contributed by atoms with E-state index in [1.165, 1.54) is 22.3 Å². The molecule has 142 valence electrons. The number of amides is 2. The molecule has 0 radical (unpaired) electrons. The van der Waals surface area contributed by atoms with Crippen LogP contribution >= 0.6 is 0 Å². The topological polar surface area (TPSA) is 53.2 Å². The number of hydrogen-bond donors (Lipinski definition) is 3. The van der Waals surface area contributed by atoms with E-state index in [4.69, 9.17) is 0 Å². The van der Waals surface area contributed by atoms with Crippen molar-refractivity contribution in [2.75, 3.05) is 6.54 Å². The summed E-state index contributed by atoms with van der Waals surface area (Å²) in [5, 5.41) is 9.67. The van der Waals surface area contributed by atoms with Crippen molar-refractivity contribution in [1.29, 1.82) is 0 Å². The Kier molecular flexibility index (Phi) is 5.44. The van der Waals surface area contributed by atoms with Gasteiger partial charge in [-0.2, -0.15) is 0 Å². The van der Waals surface area contributed by atoms with Crippen molar-refractivity contribution >= 4 is 6.03 Å². The molecule has 0 fully saturated rings. The Labute approximate surface area is 161 Å². The van der Waals surface area contributed by atoms with E-state index in [0.29, 0.717) is 18.5 Å². The van der Waals surface area contributed by atoms with E-state index in [2.05, 4.69) is 71.4 Å². The minimum Gasteiger partial charge on any atom is -0.337 e. The van der Waals surface area contributed by atoms with Crippen molar-refractivity contribution in [2.24, 2.45) is 5.92 Å². The fourth-order valence-electron chi connectivity index (χ4n) is 4.53. The van der Waals surface area contributed by atoms with E-state index in [0.717, 1.165) is 32.2 Å². The Balaban J connectivity index is 1.19. The summed E-state index contributed by atoms with van der Waals surface area (Å²) in [6.45, 7) is 3.64. The second kappa shape index (κ2) is 8.13. The van der Waals surface area contributed by atoms with Gasteiger partial charge in [-0.05, 0) is 60.8 Å². The summed E-state index contributed by atoms with van der Waals surface area (Å²) in [6.07, 6.45) is 4.26. The van der Waals surface area contributed by atoms with Crippen molar-refractivity contribution in [3.8, 4) is 0 Å². The number of hydrogen-bond acceptors (Lipinski definition) is 2. The third-order valence-electron chi connectivity index (χ3n) is 5.87. The highest BCUT2D eigenvalue weighted by atomic mass is 16.2. The summed E-state index contributed by atoms with van der Waals surface area (Å²) in [7, 11) is 0. The molecule has 1 unspecified atom stereocenters. The van der Waals surface area contributed by atoms with Crippen molar-refractivity contribution in [1.82, 2.24) is 16.0 Å². The van der Waals surface area contributed by atoms with Gasteiger partial charge in [-0.15, -0.1) is 0 Å². The van der Waals surface area contributed by atoms with E-state index in [9.17, 15) is 4.79 Å². The molecule has 2 amide bonds. The Bertz CT molecular complexity index is 779. The second-order valence-corrected chi connectivity index (χ2v) is 8.08. The van der Waals surface area contributed by atoms with Crippen molar-refractivity contribution in [3.63, 3.8) is 0 Å². The molecule has 3 N–H and O–H groups in total. The molecular weight excluding hydrogens is 334 g/mol. The maximum atomic E-state index is 12.3. The fraction of sp³-hybridized carbons (Fsp3) is 0.435. The molecule has 1 aliphatic heterocycles. The van der Waals surface area contributed by atoms with Crippen LogP contribution < -0.4 is 16.0 Å². The molecule has 0 spiro atoms. The van der Waals surface area contributed by atoms with E-state index >= 15 is 0 Å². The first-order valence-electron chi connectivity index (χ1n) is 10.1. The average molecular weight is 364 g/mol. The van der Waals surface area contributed by atoms with Gasteiger partial charge in [-0.25, -0.2) is 4.79 Å². The van der Waals surface area contributed by atoms with E-state index in [1.807, 2.05) is 0 Å². The van der Waals surface area contributed by atoms with Crippen LogP contribution in [0.1, 0.15) is 35.6 Å². The average Bonchev–Trinajstić information content (AvgIpc) is 3.08. The zero-order valence-corrected chi connectivity index (χ0v) is 16.0. The highest BCUT2D eigenvalue weighted by Gasteiger charge is 2.23. The highest BCUT2D eigenvalue weighted by Crippen LogP contribution is 2.29.